The summed E-state index contributed by atoms with van der Waals surface area (Å²) >= 11 is 18.0. The van der Waals surface area contributed by atoms with Gasteiger partial charge in [0.1, 0.15) is 11.6 Å². The third-order valence-corrected chi connectivity index (χ3v) is 12.3. The molecule has 268 valence electrons. The highest BCUT2D eigenvalue weighted by Gasteiger charge is 2.77. The van der Waals surface area contributed by atoms with Crippen molar-refractivity contribution in [2.45, 2.75) is 28.5 Å². The molecule has 3 aromatic carbocycles. The van der Waals surface area contributed by atoms with Crippen molar-refractivity contribution >= 4 is 91.2 Å². The number of alkyl halides is 2. The van der Waals surface area contributed by atoms with Gasteiger partial charge in [-0.1, -0.05) is 27.6 Å². The quantitative estimate of drug-likeness (QED) is 0.103. The zero-order chi connectivity index (χ0) is 37.8. The van der Waals surface area contributed by atoms with Gasteiger partial charge in [-0.2, -0.15) is 0 Å². The zero-order valence-electron chi connectivity index (χ0n) is 27.0. The van der Waals surface area contributed by atoms with Gasteiger partial charge < -0.3 is 10.0 Å². The van der Waals surface area contributed by atoms with Gasteiger partial charge in [0.25, 0.3) is 11.8 Å². The molecule has 4 amide bonds. The van der Waals surface area contributed by atoms with E-state index in [-0.39, 0.29) is 29.1 Å². The summed E-state index contributed by atoms with van der Waals surface area (Å²) in [5.41, 5.74) is -1.77. The van der Waals surface area contributed by atoms with E-state index in [2.05, 4.69) is 15.9 Å². The van der Waals surface area contributed by atoms with Gasteiger partial charge in [-0.05, 0) is 61.2 Å². The van der Waals surface area contributed by atoms with Gasteiger partial charge in [0, 0.05) is 42.2 Å². The Morgan fingerprint density at radius 2 is 1.50 bits per heavy atom. The smallest absolute Gasteiger partial charge is 0.301 e. The number of hydrogen-bond acceptors (Lipinski definition) is 10. The van der Waals surface area contributed by atoms with Crippen molar-refractivity contribution in [3.8, 4) is 5.75 Å². The molecule has 3 fully saturated rings. The number of rotatable bonds is 6. The molecule has 0 spiro atoms. The van der Waals surface area contributed by atoms with Crippen LogP contribution < -0.4 is 14.7 Å². The Morgan fingerprint density at radius 1 is 0.885 bits per heavy atom. The first-order valence-corrected chi connectivity index (χ1v) is 17.2. The molecule has 2 aliphatic carbocycles. The molecule has 0 aromatic heterocycles. The van der Waals surface area contributed by atoms with E-state index in [1.807, 2.05) is 0 Å². The minimum Gasteiger partial charge on any atom is -0.508 e. The van der Waals surface area contributed by atoms with Crippen molar-refractivity contribution < 1.29 is 38.5 Å². The average molecular weight is 817 g/mol. The Bertz CT molecular complexity index is 2170. The Kier molecular flexibility index (Phi) is 8.23. The van der Waals surface area contributed by atoms with Crippen LogP contribution >= 0.6 is 39.1 Å². The van der Waals surface area contributed by atoms with Gasteiger partial charge >= 0.3 is 11.4 Å². The van der Waals surface area contributed by atoms with Gasteiger partial charge in [0.05, 0.1) is 33.1 Å². The molecule has 14 nitrogen and oxygen atoms in total. The summed E-state index contributed by atoms with van der Waals surface area (Å²) in [6.45, 7) is 0. The van der Waals surface area contributed by atoms with Crippen molar-refractivity contribution in [3.05, 3.63) is 102 Å². The van der Waals surface area contributed by atoms with Gasteiger partial charge in [-0.3, -0.25) is 39.4 Å². The predicted molar refractivity (Wildman–Crippen MR) is 189 cm³/mol. The van der Waals surface area contributed by atoms with E-state index in [0.717, 1.165) is 29.2 Å². The molecule has 4 aliphatic rings. The van der Waals surface area contributed by atoms with E-state index in [0.29, 0.717) is 14.9 Å². The van der Waals surface area contributed by atoms with Crippen LogP contribution in [0.2, 0.25) is 0 Å². The van der Waals surface area contributed by atoms with Crippen LogP contribution in [-0.4, -0.2) is 62.4 Å². The first-order chi connectivity index (χ1) is 24.4. The maximum absolute atomic E-state index is 14.5. The summed E-state index contributed by atoms with van der Waals surface area (Å²) in [5.74, 6) is -9.27. The monoisotopic (exact) mass is 815 g/mol. The molecule has 52 heavy (non-hydrogen) atoms. The maximum Gasteiger partial charge on any atom is 0.301 e. The lowest BCUT2D eigenvalue weighted by molar-refractivity contribution is -0.392. The number of carbonyl (C=O) groups is 4. The van der Waals surface area contributed by atoms with Crippen LogP contribution in [-0.2, 0) is 19.2 Å². The van der Waals surface area contributed by atoms with Gasteiger partial charge in [0.15, 0.2) is 15.4 Å². The molecule has 3 aromatic rings. The van der Waals surface area contributed by atoms with Crippen LogP contribution in [0, 0.1) is 43.8 Å². The highest BCUT2D eigenvalue weighted by Crippen LogP contribution is 2.66. The number of anilines is 3. The van der Waals surface area contributed by atoms with Crippen LogP contribution in [0.25, 0.3) is 0 Å². The highest BCUT2D eigenvalue weighted by atomic mass is 79.9. The molecule has 2 saturated heterocycles. The van der Waals surface area contributed by atoms with Crippen molar-refractivity contribution in [2.75, 3.05) is 28.8 Å². The molecule has 0 bridgehead atoms. The maximum atomic E-state index is 14.5. The summed E-state index contributed by atoms with van der Waals surface area (Å²) in [7, 11) is 2.74. The second-order valence-corrected chi connectivity index (χ2v) is 15.4. The number of carbonyl (C=O) groups excluding carboxylic acids is 4. The number of phenolic OH excluding ortho intramolecular Hbond substituents is 1. The lowest BCUT2D eigenvalue weighted by atomic mass is 9.56. The highest BCUT2D eigenvalue weighted by molar-refractivity contribution is 9.10. The minimum atomic E-state index is -2.30. The number of nitro groups is 2. The number of phenols is 1. The van der Waals surface area contributed by atoms with E-state index in [1.54, 1.807) is 6.08 Å². The Hall–Kier alpha value is -4.93. The second-order valence-electron chi connectivity index (χ2n) is 13.2. The average Bonchev–Trinajstić information content (AvgIpc) is 3.43. The van der Waals surface area contributed by atoms with Gasteiger partial charge in [-0.15, -0.1) is 23.2 Å². The van der Waals surface area contributed by atoms with Crippen LogP contribution in [0.3, 0.4) is 0 Å². The number of fused-ring (bicyclic) bond motifs is 4. The number of nitrogens with zero attached hydrogens (tertiary/aromatic N) is 5. The number of halogens is 4. The third-order valence-electron chi connectivity index (χ3n) is 10.3. The largest absolute Gasteiger partial charge is 0.508 e. The molecule has 7 rings (SSSR count). The van der Waals surface area contributed by atoms with E-state index < -0.39 is 96.2 Å². The zero-order valence-corrected chi connectivity index (χ0v) is 30.1. The van der Waals surface area contributed by atoms with Crippen molar-refractivity contribution in [1.29, 1.82) is 0 Å². The number of benzene rings is 3. The lowest BCUT2D eigenvalue weighted by Crippen LogP contribution is -2.60. The number of amides is 4. The molecular weight excluding hydrogens is 792 g/mol. The fourth-order valence-corrected chi connectivity index (χ4v) is 9.52. The Morgan fingerprint density at radius 3 is 2.08 bits per heavy atom. The molecule has 6 unspecified atom stereocenters. The molecule has 6 atom stereocenters. The van der Waals surface area contributed by atoms with E-state index >= 15 is 0 Å². The van der Waals surface area contributed by atoms with Crippen LogP contribution in [0.5, 0.6) is 5.75 Å². The fraction of sp³-hybridized carbons (Fsp3) is 0.294. The van der Waals surface area contributed by atoms with Crippen LogP contribution in [0.1, 0.15) is 24.3 Å². The van der Waals surface area contributed by atoms with Crippen LogP contribution in [0.4, 0.5) is 32.8 Å². The first-order valence-electron chi connectivity index (χ1n) is 15.7. The summed E-state index contributed by atoms with van der Waals surface area (Å²) in [6.07, 6.45) is 1.09. The van der Waals surface area contributed by atoms with Crippen molar-refractivity contribution in [2.24, 2.45) is 17.8 Å². The second kappa shape index (κ2) is 12.1. The van der Waals surface area contributed by atoms with E-state index in [1.165, 1.54) is 49.3 Å². The predicted octanol–water partition coefficient (Wildman–Crippen LogP) is 5.94. The Labute approximate surface area is 311 Å². The van der Waals surface area contributed by atoms with Gasteiger partial charge in [0.2, 0.25) is 11.8 Å². The standard InChI is InChI=1S/C34H25BrCl2FN5O9/c1-39(2)28-23(42(49)50)12-18(13-24(28)43(51)52)40-29(45)20-9-8-19-22(26(20)30(40)46)14-33(36)31(47)41(17-6-4-16(38)5-7-17)32(48)34(33,37)27(19)21-11-15(35)3-10-25(21)44/h3-8,10-13,20,22,26-27,44H,9,14H2,1-2H3. The summed E-state index contributed by atoms with van der Waals surface area (Å²) in [5, 5.41) is 35.4. The van der Waals surface area contributed by atoms with E-state index in [9.17, 15) is 48.9 Å². The molecule has 18 heteroatoms. The summed E-state index contributed by atoms with van der Waals surface area (Å²) in [4.78, 5) is 77.9. The topological polar surface area (TPSA) is 185 Å². The summed E-state index contributed by atoms with van der Waals surface area (Å²) < 4.78 is 14.4. The minimum absolute atomic E-state index is 0.0273. The fourth-order valence-electron chi connectivity index (χ4n) is 8.21. The number of nitro benzene ring substituents is 2. The van der Waals surface area contributed by atoms with Crippen LogP contribution in [0.15, 0.2) is 70.7 Å². The summed E-state index contributed by atoms with van der Waals surface area (Å²) in [6, 6.07) is 10.7. The number of hydrogen-bond donors (Lipinski definition) is 1. The van der Waals surface area contributed by atoms with Crippen molar-refractivity contribution in [1.82, 2.24) is 0 Å². The van der Waals surface area contributed by atoms with Gasteiger partial charge in [-0.25, -0.2) is 14.2 Å². The Balaban J connectivity index is 1.40. The molecule has 1 N–H and O–H groups in total. The number of allylic oxidation sites excluding steroid dienone is 2. The number of aromatic hydroxyl groups is 1. The molecule has 2 aliphatic heterocycles. The molecule has 2 heterocycles. The molecular formula is C34H25BrCl2FN5O9. The van der Waals surface area contributed by atoms with E-state index in [4.69, 9.17) is 23.2 Å². The third kappa shape index (κ3) is 4.80. The lowest BCUT2D eigenvalue weighted by Gasteiger charge is -2.50. The SMILES string of the molecule is CN(C)c1c([N+](=O)[O-])cc(N2C(=O)C3CC=C4C(CC5(Cl)C(=O)N(c6ccc(F)cc6)C(=O)C5(Cl)C4c4cc(Br)ccc4O)C3C2=O)cc1[N+](=O)[O-]. The number of imide groups is 2. The first kappa shape index (κ1) is 35.5. The molecule has 0 radical (unpaired) electrons. The molecule has 1 saturated carbocycles. The normalized spacial score (nSPS) is 28.0. The van der Waals surface area contributed by atoms with Crippen molar-refractivity contribution in [3.63, 3.8) is 0 Å².